The number of carboxylic acids is 1. The fraction of sp³-hybridized carbons (Fsp3) is 0.188. The topological polar surface area (TPSA) is 79.6 Å². The quantitative estimate of drug-likeness (QED) is 0.923. The lowest BCUT2D eigenvalue weighted by atomic mass is 10.1. The van der Waals surface area contributed by atoms with E-state index in [1.165, 1.54) is 17.2 Å². The molecule has 114 valence electrons. The van der Waals surface area contributed by atoms with Crippen LogP contribution in [0.2, 0.25) is 0 Å². The zero-order chi connectivity index (χ0) is 16.3. The maximum Gasteiger partial charge on any atom is 0.323 e. The van der Waals surface area contributed by atoms with Crippen molar-refractivity contribution in [2.75, 3.05) is 14.1 Å². The fourth-order valence-electron chi connectivity index (χ4n) is 2.03. The Morgan fingerprint density at radius 1 is 1.05 bits per heavy atom. The highest BCUT2D eigenvalue weighted by molar-refractivity contribution is 5.94. The average molecular weight is 300 g/mol. The predicted molar refractivity (Wildman–Crippen MR) is 81.8 cm³/mol. The molecule has 0 radical (unpaired) electrons. The Balaban J connectivity index is 2.34. The molecule has 0 unspecified atom stereocenters. The molecule has 6 nitrogen and oxygen atoms in total. The molecule has 0 aliphatic rings. The van der Waals surface area contributed by atoms with Crippen molar-refractivity contribution >= 4 is 11.9 Å². The van der Waals surface area contributed by atoms with E-state index in [1.54, 1.807) is 44.4 Å². The molecule has 0 bridgehead atoms. The summed E-state index contributed by atoms with van der Waals surface area (Å²) in [6, 6.07) is 9.89. The smallest absolute Gasteiger partial charge is 0.323 e. The molecule has 0 aliphatic carbocycles. The molecule has 6 heteroatoms. The van der Waals surface area contributed by atoms with E-state index in [4.69, 9.17) is 5.11 Å². The largest absolute Gasteiger partial charge is 0.480 e. The first-order valence-electron chi connectivity index (χ1n) is 6.63. The van der Waals surface area contributed by atoms with E-state index in [0.717, 1.165) is 10.1 Å². The number of rotatable bonds is 4. The summed E-state index contributed by atoms with van der Waals surface area (Å²) in [5.74, 6) is -1.17. The molecule has 1 aromatic carbocycles. The van der Waals surface area contributed by atoms with E-state index in [0.29, 0.717) is 11.1 Å². The summed E-state index contributed by atoms with van der Waals surface area (Å²) in [5, 5.41) is 8.80. The Kier molecular flexibility index (Phi) is 4.41. The van der Waals surface area contributed by atoms with Crippen molar-refractivity contribution in [3.05, 3.63) is 58.5 Å². The molecule has 2 rings (SSSR count). The second-order valence-corrected chi connectivity index (χ2v) is 5.05. The summed E-state index contributed by atoms with van der Waals surface area (Å²) in [6.45, 7) is -0.385. The highest BCUT2D eigenvalue weighted by Gasteiger charge is 2.09. The van der Waals surface area contributed by atoms with Gasteiger partial charge in [-0.25, -0.2) is 0 Å². The number of aliphatic carboxylic acids is 1. The molecule has 1 N–H and O–H groups in total. The standard InChI is InChI=1S/C16H16N2O4/c1-17(2)16(22)12-5-3-11(4-6-12)13-7-8-14(19)18(9-13)10-15(20)21/h3-9H,10H2,1-2H3,(H,20,21). The second-order valence-electron chi connectivity index (χ2n) is 5.05. The molecular formula is C16H16N2O4. The molecule has 2 aromatic rings. The van der Waals surface area contributed by atoms with Crippen LogP contribution >= 0.6 is 0 Å². The number of aromatic nitrogens is 1. The molecule has 0 saturated heterocycles. The second kappa shape index (κ2) is 6.26. The van der Waals surface area contributed by atoms with Crippen molar-refractivity contribution in [1.82, 2.24) is 9.47 Å². The Bertz CT molecular complexity index is 760. The lowest BCUT2D eigenvalue weighted by molar-refractivity contribution is -0.137. The van der Waals surface area contributed by atoms with Gasteiger partial charge in [0, 0.05) is 31.9 Å². The van der Waals surface area contributed by atoms with Gasteiger partial charge in [-0.1, -0.05) is 12.1 Å². The predicted octanol–water partition coefficient (Wildman–Crippen LogP) is 1.30. The van der Waals surface area contributed by atoms with Crippen LogP contribution in [-0.2, 0) is 11.3 Å². The number of amides is 1. The Morgan fingerprint density at radius 2 is 1.64 bits per heavy atom. The van der Waals surface area contributed by atoms with Crippen LogP contribution < -0.4 is 5.56 Å². The monoisotopic (exact) mass is 300 g/mol. The number of hydrogen-bond acceptors (Lipinski definition) is 3. The number of carbonyl (C=O) groups excluding carboxylic acids is 1. The number of pyridine rings is 1. The van der Waals surface area contributed by atoms with Gasteiger partial charge in [-0.15, -0.1) is 0 Å². The number of hydrogen-bond donors (Lipinski definition) is 1. The molecule has 0 saturated carbocycles. The van der Waals surface area contributed by atoms with Gasteiger partial charge in [0.05, 0.1) is 0 Å². The van der Waals surface area contributed by atoms with Gasteiger partial charge in [-0.05, 0) is 29.3 Å². The van der Waals surface area contributed by atoms with E-state index in [-0.39, 0.29) is 18.0 Å². The molecule has 1 amide bonds. The molecular weight excluding hydrogens is 284 g/mol. The number of benzene rings is 1. The highest BCUT2D eigenvalue weighted by atomic mass is 16.4. The van der Waals surface area contributed by atoms with Crippen LogP contribution in [0, 0.1) is 0 Å². The maximum atomic E-state index is 11.8. The minimum atomic E-state index is -1.08. The van der Waals surface area contributed by atoms with E-state index in [2.05, 4.69) is 0 Å². The number of nitrogens with zero attached hydrogens (tertiary/aromatic N) is 2. The first-order chi connectivity index (χ1) is 10.4. The Hall–Kier alpha value is -2.89. The first-order valence-corrected chi connectivity index (χ1v) is 6.63. The normalized spacial score (nSPS) is 10.3. The third kappa shape index (κ3) is 3.41. The van der Waals surface area contributed by atoms with E-state index < -0.39 is 5.97 Å². The average Bonchev–Trinajstić information content (AvgIpc) is 2.48. The molecule has 1 heterocycles. The first kappa shape index (κ1) is 15.5. The molecule has 0 fully saturated rings. The van der Waals surface area contributed by atoms with Crippen molar-refractivity contribution in [2.24, 2.45) is 0 Å². The van der Waals surface area contributed by atoms with Gasteiger partial charge in [-0.2, -0.15) is 0 Å². The van der Waals surface area contributed by atoms with Crippen LogP contribution in [0.15, 0.2) is 47.4 Å². The van der Waals surface area contributed by atoms with Crippen molar-refractivity contribution in [3.63, 3.8) is 0 Å². The zero-order valence-corrected chi connectivity index (χ0v) is 12.3. The molecule has 0 aliphatic heterocycles. The van der Waals surface area contributed by atoms with Crippen LogP contribution in [0.5, 0.6) is 0 Å². The van der Waals surface area contributed by atoms with Gasteiger partial charge >= 0.3 is 5.97 Å². The highest BCUT2D eigenvalue weighted by Crippen LogP contribution is 2.19. The van der Waals surface area contributed by atoms with Gasteiger partial charge in [0.15, 0.2) is 0 Å². The SMILES string of the molecule is CN(C)C(=O)c1ccc(-c2ccc(=O)n(CC(=O)O)c2)cc1. The molecule has 22 heavy (non-hydrogen) atoms. The summed E-state index contributed by atoms with van der Waals surface area (Å²) >= 11 is 0. The third-order valence-corrected chi connectivity index (χ3v) is 3.16. The van der Waals surface area contributed by atoms with Gasteiger partial charge < -0.3 is 14.6 Å². The van der Waals surface area contributed by atoms with Gasteiger partial charge in [0.25, 0.3) is 11.5 Å². The third-order valence-electron chi connectivity index (χ3n) is 3.16. The fourth-order valence-corrected chi connectivity index (χ4v) is 2.03. The number of carboxylic acid groups (broad SMARTS) is 1. The number of carbonyl (C=O) groups is 2. The van der Waals surface area contributed by atoms with E-state index >= 15 is 0 Å². The zero-order valence-electron chi connectivity index (χ0n) is 12.3. The van der Waals surface area contributed by atoms with Crippen LogP contribution in [0.1, 0.15) is 10.4 Å². The summed E-state index contributed by atoms with van der Waals surface area (Å²) < 4.78 is 1.14. The van der Waals surface area contributed by atoms with Gasteiger partial charge in [-0.3, -0.25) is 14.4 Å². The van der Waals surface area contributed by atoms with Crippen molar-refractivity contribution in [3.8, 4) is 11.1 Å². The lowest BCUT2D eigenvalue weighted by Gasteiger charge is -2.11. The Labute approximate surface area is 127 Å². The van der Waals surface area contributed by atoms with Gasteiger partial charge in [0.1, 0.15) is 6.54 Å². The van der Waals surface area contributed by atoms with Gasteiger partial charge in [0.2, 0.25) is 0 Å². The summed E-state index contributed by atoms with van der Waals surface area (Å²) in [5.41, 5.74) is 1.71. The van der Waals surface area contributed by atoms with Crippen molar-refractivity contribution in [1.29, 1.82) is 0 Å². The minimum Gasteiger partial charge on any atom is -0.480 e. The van der Waals surface area contributed by atoms with Crippen molar-refractivity contribution < 1.29 is 14.7 Å². The van der Waals surface area contributed by atoms with E-state index in [1.807, 2.05) is 0 Å². The van der Waals surface area contributed by atoms with Crippen LogP contribution in [0.3, 0.4) is 0 Å². The van der Waals surface area contributed by atoms with Crippen molar-refractivity contribution in [2.45, 2.75) is 6.54 Å². The van der Waals surface area contributed by atoms with Crippen LogP contribution in [0.4, 0.5) is 0 Å². The molecule has 1 aromatic heterocycles. The maximum absolute atomic E-state index is 11.8. The van der Waals surface area contributed by atoms with Crippen LogP contribution in [0.25, 0.3) is 11.1 Å². The molecule has 0 spiro atoms. The minimum absolute atomic E-state index is 0.0950. The summed E-state index contributed by atoms with van der Waals surface area (Å²) in [7, 11) is 3.36. The Morgan fingerprint density at radius 3 is 2.18 bits per heavy atom. The molecule has 0 atom stereocenters. The lowest BCUT2D eigenvalue weighted by Crippen LogP contribution is -2.22. The van der Waals surface area contributed by atoms with Crippen LogP contribution in [-0.4, -0.2) is 40.5 Å². The summed E-state index contributed by atoms with van der Waals surface area (Å²) in [6.07, 6.45) is 1.50. The summed E-state index contributed by atoms with van der Waals surface area (Å²) in [4.78, 5) is 35.7. The van der Waals surface area contributed by atoms with E-state index in [9.17, 15) is 14.4 Å².